The first-order chi connectivity index (χ1) is 8.84. The van der Waals surface area contributed by atoms with Gasteiger partial charge in [0.15, 0.2) is 0 Å². The van der Waals surface area contributed by atoms with Gasteiger partial charge in [-0.3, -0.25) is 0 Å². The number of hydrogen-bond acceptors (Lipinski definition) is 1. The summed E-state index contributed by atoms with van der Waals surface area (Å²) in [6, 6.07) is 2.13. The zero-order valence-corrected chi connectivity index (χ0v) is 14.4. The molecule has 1 aromatic rings. The fraction of sp³-hybridized carbons (Fsp3) is 0.571. The molecule has 19 heavy (non-hydrogen) atoms. The summed E-state index contributed by atoms with van der Waals surface area (Å²) in [7, 11) is 0. The number of benzene rings is 1. The van der Waals surface area contributed by atoms with Gasteiger partial charge in [0.25, 0.3) is 6.43 Å². The van der Waals surface area contributed by atoms with Gasteiger partial charge in [-0.2, -0.15) is 0 Å². The van der Waals surface area contributed by atoms with E-state index in [2.05, 4.69) is 58.7 Å². The lowest BCUT2D eigenvalue weighted by molar-refractivity contribution is 0.0167. The predicted molar refractivity (Wildman–Crippen MR) is 81.5 cm³/mol. The molecule has 0 saturated carbocycles. The molecule has 0 aliphatic heterocycles. The largest absolute Gasteiger partial charge is 0.375 e. The molecule has 0 spiro atoms. The topological polar surface area (TPSA) is 9.23 Å². The normalized spacial score (nSPS) is 13.1. The van der Waals surface area contributed by atoms with E-state index < -0.39 is 13.0 Å². The lowest BCUT2D eigenvalue weighted by Crippen LogP contribution is -2.08. The summed E-state index contributed by atoms with van der Waals surface area (Å²) < 4.78 is 30.0. The molecule has 1 aromatic carbocycles. The van der Waals surface area contributed by atoms with Crippen molar-refractivity contribution in [3.8, 4) is 0 Å². The number of rotatable bonds is 6. The van der Waals surface area contributed by atoms with Gasteiger partial charge in [-0.25, -0.2) is 8.78 Å². The smallest absolute Gasteiger partial charge is 0.261 e. The summed E-state index contributed by atoms with van der Waals surface area (Å²) in [6.07, 6.45) is -1.73. The van der Waals surface area contributed by atoms with E-state index in [1.54, 1.807) is 0 Å². The lowest BCUT2D eigenvalue weighted by Gasteiger charge is -2.19. The standard InChI is InChI=1S/C14H18Br2F2O/c1-8-6-9(2)14(16)10(3)13(8)11(15)4-5-19-7-12(17)18/h6,11-12H,4-5,7H2,1-3H3. The summed E-state index contributed by atoms with van der Waals surface area (Å²) >= 11 is 7.21. The molecule has 1 atom stereocenters. The predicted octanol–water partition coefficient (Wildman–Crippen LogP) is 5.48. The Morgan fingerprint density at radius 2 is 1.84 bits per heavy atom. The number of ether oxygens (including phenoxy) is 1. The van der Waals surface area contributed by atoms with Crippen LogP contribution in [-0.4, -0.2) is 19.6 Å². The van der Waals surface area contributed by atoms with Gasteiger partial charge in [0, 0.05) is 15.9 Å². The monoisotopic (exact) mass is 398 g/mol. The molecular formula is C14H18Br2F2O. The Labute approximate surface area is 130 Å². The van der Waals surface area contributed by atoms with Crippen LogP contribution in [0.2, 0.25) is 0 Å². The van der Waals surface area contributed by atoms with Crippen LogP contribution in [0.15, 0.2) is 10.5 Å². The van der Waals surface area contributed by atoms with Crippen molar-refractivity contribution in [1.82, 2.24) is 0 Å². The van der Waals surface area contributed by atoms with Crippen LogP contribution in [-0.2, 0) is 4.74 Å². The number of aryl methyl sites for hydroxylation is 2. The molecule has 0 aliphatic rings. The van der Waals surface area contributed by atoms with Crippen molar-refractivity contribution in [3.05, 3.63) is 32.8 Å². The van der Waals surface area contributed by atoms with Crippen LogP contribution in [0.25, 0.3) is 0 Å². The molecule has 0 fully saturated rings. The molecule has 1 unspecified atom stereocenters. The van der Waals surface area contributed by atoms with E-state index in [1.165, 1.54) is 22.3 Å². The van der Waals surface area contributed by atoms with Crippen molar-refractivity contribution in [1.29, 1.82) is 0 Å². The molecule has 0 aliphatic carbocycles. The maximum absolute atomic E-state index is 12.0. The van der Waals surface area contributed by atoms with E-state index >= 15 is 0 Å². The highest BCUT2D eigenvalue weighted by atomic mass is 79.9. The van der Waals surface area contributed by atoms with E-state index in [9.17, 15) is 8.78 Å². The number of halogens is 4. The molecular weight excluding hydrogens is 382 g/mol. The molecule has 5 heteroatoms. The second kappa shape index (κ2) is 7.70. The van der Waals surface area contributed by atoms with Crippen molar-refractivity contribution >= 4 is 31.9 Å². The Morgan fingerprint density at radius 3 is 2.42 bits per heavy atom. The molecule has 0 N–H and O–H groups in total. The van der Waals surface area contributed by atoms with Crippen LogP contribution in [0.4, 0.5) is 8.78 Å². The Bertz CT molecular complexity index is 436. The first kappa shape index (κ1) is 17.1. The van der Waals surface area contributed by atoms with Crippen LogP contribution < -0.4 is 0 Å². The third-order valence-electron chi connectivity index (χ3n) is 3.01. The van der Waals surface area contributed by atoms with Crippen molar-refractivity contribution < 1.29 is 13.5 Å². The van der Waals surface area contributed by atoms with Gasteiger partial charge in [0.05, 0.1) is 0 Å². The molecule has 108 valence electrons. The van der Waals surface area contributed by atoms with Crippen LogP contribution in [0.3, 0.4) is 0 Å². The summed E-state index contributed by atoms with van der Waals surface area (Å²) in [5.74, 6) is 0. The minimum absolute atomic E-state index is 0.113. The highest BCUT2D eigenvalue weighted by molar-refractivity contribution is 9.10. The molecule has 0 radical (unpaired) electrons. The van der Waals surface area contributed by atoms with E-state index in [-0.39, 0.29) is 4.83 Å². The Hall–Kier alpha value is -0.000000000000000111. The first-order valence-corrected chi connectivity index (χ1v) is 7.81. The Kier molecular flexibility index (Phi) is 6.91. The zero-order valence-electron chi connectivity index (χ0n) is 11.3. The van der Waals surface area contributed by atoms with Crippen LogP contribution in [0.5, 0.6) is 0 Å². The van der Waals surface area contributed by atoms with Gasteiger partial charge in [-0.15, -0.1) is 0 Å². The Balaban J connectivity index is 2.72. The second-order valence-electron chi connectivity index (χ2n) is 4.59. The maximum Gasteiger partial charge on any atom is 0.261 e. The minimum Gasteiger partial charge on any atom is -0.375 e. The van der Waals surface area contributed by atoms with E-state index in [0.717, 1.165) is 4.47 Å². The molecule has 1 rings (SSSR count). The molecule has 0 bridgehead atoms. The Morgan fingerprint density at radius 1 is 1.21 bits per heavy atom. The average molecular weight is 400 g/mol. The zero-order chi connectivity index (χ0) is 14.6. The van der Waals surface area contributed by atoms with Crippen LogP contribution >= 0.6 is 31.9 Å². The van der Waals surface area contributed by atoms with Crippen molar-refractivity contribution in [2.45, 2.75) is 38.4 Å². The molecule has 1 nitrogen and oxygen atoms in total. The molecule has 0 saturated heterocycles. The van der Waals surface area contributed by atoms with Crippen LogP contribution in [0.1, 0.15) is 33.5 Å². The fourth-order valence-electron chi connectivity index (χ4n) is 2.16. The maximum atomic E-state index is 12.0. The van der Waals surface area contributed by atoms with Gasteiger partial charge in [-0.1, -0.05) is 37.9 Å². The van der Waals surface area contributed by atoms with Gasteiger partial charge in [0.1, 0.15) is 6.61 Å². The van der Waals surface area contributed by atoms with Gasteiger partial charge < -0.3 is 4.74 Å². The number of alkyl halides is 3. The first-order valence-electron chi connectivity index (χ1n) is 6.10. The molecule has 0 amide bonds. The van der Waals surface area contributed by atoms with E-state index in [1.807, 2.05) is 0 Å². The van der Waals surface area contributed by atoms with Crippen molar-refractivity contribution in [2.24, 2.45) is 0 Å². The highest BCUT2D eigenvalue weighted by Crippen LogP contribution is 2.36. The second-order valence-corrected chi connectivity index (χ2v) is 6.48. The highest BCUT2D eigenvalue weighted by Gasteiger charge is 2.16. The lowest BCUT2D eigenvalue weighted by atomic mass is 9.96. The summed E-state index contributed by atoms with van der Waals surface area (Å²) in [4.78, 5) is 0.113. The fourth-order valence-corrected chi connectivity index (χ4v) is 3.38. The molecule has 0 aromatic heterocycles. The quantitative estimate of drug-likeness (QED) is 0.454. The van der Waals surface area contributed by atoms with E-state index in [0.29, 0.717) is 13.0 Å². The van der Waals surface area contributed by atoms with Crippen molar-refractivity contribution in [2.75, 3.05) is 13.2 Å². The minimum atomic E-state index is -2.40. The summed E-state index contributed by atoms with van der Waals surface area (Å²) in [6.45, 7) is 6.02. The third kappa shape index (κ3) is 4.80. The summed E-state index contributed by atoms with van der Waals surface area (Å²) in [5.41, 5.74) is 4.80. The van der Waals surface area contributed by atoms with Gasteiger partial charge >= 0.3 is 0 Å². The SMILES string of the molecule is Cc1cc(C)c(C(Br)CCOCC(F)F)c(C)c1Br. The van der Waals surface area contributed by atoms with Gasteiger partial charge in [-0.05, 0) is 49.4 Å². The third-order valence-corrected chi connectivity index (χ3v) is 5.15. The van der Waals surface area contributed by atoms with Gasteiger partial charge in [0.2, 0.25) is 0 Å². The average Bonchev–Trinajstić information content (AvgIpc) is 2.31. The van der Waals surface area contributed by atoms with Crippen LogP contribution in [0, 0.1) is 20.8 Å². The van der Waals surface area contributed by atoms with E-state index in [4.69, 9.17) is 4.74 Å². The number of hydrogen-bond donors (Lipinski definition) is 0. The molecule has 0 heterocycles. The summed E-state index contributed by atoms with van der Waals surface area (Å²) in [5, 5.41) is 0. The van der Waals surface area contributed by atoms with Crippen molar-refractivity contribution in [3.63, 3.8) is 0 Å².